The van der Waals surface area contributed by atoms with E-state index in [1.807, 2.05) is 20.8 Å². The van der Waals surface area contributed by atoms with E-state index in [1.165, 1.54) is 0 Å². The van der Waals surface area contributed by atoms with Crippen LogP contribution in [0.1, 0.15) is 43.0 Å². The highest BCUT2D eigenvalue weighted by atomic mass is 16.3. The Morgan fingerprint density at radius 3 is 2.65 bits per heavy atom. The molecule has 0 radical (unpaired) electrons. The topological polar surface area (TPSA) is 99.1 Å². The fourth-order valence-electron chi connectivity index (χ4n) is 2.61. The Balaban J connectivity index is 2.38. The summed E-state index contributed by atoms with van der Waals surface area (Å²) in [7, 11) is 0. The second-order valence-corrected chi connectivity index (χ2v) is 5.86. The molecule has 1 aromatic rings. The first-order valence-corrected chi connectivity index (χ1v) is 6.97. The minimum atomic E-state index is -0.627. The minimum absolute atomic E-state index is 0.0199. The first-order valence-electron chi connectivity index (χ1n) is 6.97. The van der Waals surface area contributed by atoms with E-state index in [0.717, 1.165) is 30.6 Å². The molecule has 0 amide bonds. The summed E-state index contributed by atoms with van der Waals surface area (Å²) in [5.74, 6) is 0.685. The number of hydrogen-bond acceptors (Lipinski definition) is 5. The lowest BCUT2D eigenvalue weighted by Crippen LogP contribution is -2.31. The van der Waals surface area contributed by atoms with Crippen LogP contribution in [0.5, 0.6) is 0 Å². The van der Waals surface area contributed by atoms with Crippen LogP contribution >= 0.6 is 0 Å². The van der Waals surface area contributed by atoms with Gasteiger partial charge in [0, 0.05) is 13.1 Å². The molecule has 4 N–H and O–H groups in total. The summed E-state index contributed by atoms with van der Waals surface area (Å²) in [5, 5.41) is 26.4. The molecule has 2 rings (SSSR count). The number of nitrogens with one attached hydrogen (secondary N) is 1. The lowest BCUT2D eigenvalue weighted by atomic mass is 9.98. The molecule has 1 aliphatic rings. The minimum Gasteiger partial charge on any atom is -0.390 e. The van der Waals surface area contributed by atoms with Crippen molar-refractivity contribution < 1.29 is 5.11 Å². The van der Waals surface area contributed by atoms with Gasteiger partial charge in [0.1, 0.15) is 5.84 Å². The van der Waals surface area contributed by atoms with Gasteiger partial charge in [-0.2, -0.15) is 5.10 Å². The summed E-state index contributed by atoms with van der Waals surface area (Å²) >= 11 is 0. The monoisotopic (exact) mass is 277 g/mol. The predicted octanol–water partition coefficient (Wildman–Crippen LogP) is 1.12. The molecule has 1 unspecified atom stereocenters. The molecule has 1 fully saturated rings. The highest BCUT2D eigenvalue weighted by Crippen LogP contribution is 2.27. The molecule has 6 nitrogen and oxygen atoms in total. The van der Waals surface area contributed by atoms with Crippen LogP contribution < -0.4 is 10.6 Å². The number of nitrogens with zero attached hydrogens (tertiary/aromatic N) is 3. The van der Waals surface area contributed by atoms with E-state index in [1.54, 1.807) is 0 Å². The van der Waals surface area contributed by atoms with Gasteiger partial charge in [-0.25, -0.2) is 0 Å². The Hall–Kier alpha value is -1.69. The van der Waals surface area contributed by atoms with Gasteiger partial charge < -0.3 is 15.7 Å². The zero-order valence-electron chi connectivity index (χ0n) is 12.4. The maximum absolute atomic E-state index is 10.2. The van der Waals surface area contributed by atoms with Crippen molar-refractivity contribution in [2.75, 3.05) is 18.0 Å². The summed E-state index contributed by atoms with van der Waals surface area (Å²) in [5.41, 5.74) is 7.46. The van der Waals surface area contributed by atoms with Crippen molar-refractivity contribution in [2.45, 2.75) is 45.6 Å². The molecule has 0 spiro atoms. The first-order chi connectivity index (χ1) is 9.32. The third-order valence-electron chi connectivity index (χ3n) is 4.07. The molecular weight excluding hydrogens is 254 g/mol. The highest BCUT2D eigenvalue weighted by molar-refractivity contribution is 6.01. The molecular formula is C14H23N5O. The number of anilines is 1. The first kappa shape index (κ1) is 14.7. The number of rotatable bonds is 2. The fraction of sp³-hybridized carbons (Fsp3) is 0.643. The molecule has 0 aromatic carbocycles. The van der Waals surface area contributed by atoms with Gasteiger partial charge in [0.2, 0.25) is 0 Å². The third kappa shape index (κ3) is 2.90. The number of hydrogen-bond donors (Lipinski definition) is 3. The number of aromatic nitrogens is 2. The maximum Gasteiger partial charge on any atom is 0.162 e. The van der Waals surface area contributed by atoms with Gasteiger partial charge in [0.15, 0.2) is 5.82 Å². The molecule has 6 heteroatoms. The molecule has 0 saturated carbocycles. The predicted molar refractivity (Wildman–Crippen MR) is 79.2 cm³/mol. The van der Waals surface area contributed by atoms with Gasteiger partial charge in [-0.1, -0.05) is 0 Å². The largest absolute Gasteiger partial charge is 0.390 e. The molecule has 0 aliphatic carbocycles. The number of nitrogens with two attached hydrogens (primary N) is 1. The summed E-state index contributed by atoms with van der Waals surface area (Å²) < 4.78 is 0. The van der Waals surface area contributed by atoms with E-state index in [4.69, 9.17) is 11.1 Å². The molecule has 1 atom stereocenters. The molecule has 0 bridgehead atoms. The molecule has 20 heavy (non-hydrogen) atoms. The summed E-state index contributed by atoms with van der Waals surface area (Å²) in [6.45, 7) is 7.15. The van der Waals surface area contributed by atoms with Crippen LogP contribution in [0.15, 0.2) is 0 Å². The lowest BCUT2D eigenvalue weighted by Gasteiger charge is -2.25. The van der Waals surface area contributed by atoms with Gasteiger partial charge in [-0.05, 0) is 45.6 Å². The lowest BCUT2D eigenvalue weighted by molar-refractivity contribution is 0.0481. The Kier molecular flexibility index (Phi) is 3.94. The third-order valence-corrected chi connectivity index (χ3v) is 4.07. The quantitative estimate of drug-likeness (QED) is 0.555. The van der Waals surface area contributed by atoms with Crippen molar-refractivity contribution in [1.82, 2.24) is 10.2 Å². The van der Waals surface area contributed by atoms with Crippen molar-refractivity contribution in [2.24, 2.45) is 5.73 Å². The van der Waals surface area contributed by atoms with E-state index >= 15 is 0 Å². The van der Waals surface area contributed by atoms with Crippen LogP contribution in [0.2, 0.25) is 0 Å². The molecule has 1 saturated heterocycles. The van der Waals surface area contributed by atoms with E-state index < -0.39 is 5.60 Å². The molecule has 2 heterocycles. The number of amidine groups is 1. The molecule has 1 aromatic heterocycles. The summed E-state index contributed by atoms with van der Waals surface area (Å²) in [4.78, 5) is 2.08. The molecule has 110 valence electrons. The average molecular weight is 277 g/mol. The Labute approximate surface area is 119 Å². The van der Waals surface area contributed by atoms with E-state index in [0.29, 0.717) is 24.3 Å². The maximum atomic E-state index is 10.2. The Bertz CT molecular complexity index is 527. The van der Waals surface area contributed by atoms with Gasteiger partial charge >= 0.3 is 0 Å². The van der Waals surface area contributed by atoms with Crippen LogP contribution in [0.25, 0.3) is 0 Å². The number of aryl methyl sites for hydroxylation is 1. The average Bonchev–Trinajstić information content (AvgIpc) is 2.53. The Morgan fingerprint density at radius 1 is 1.30 bits per heavy atom. The highest BCUT2D eigenvalue weighted by Gasteiger charge is 2.27. The second-order valence-electron chi connectivity index (χ2n) is 5.86. The van der Waals surface area contributed by atoms with Crippen molar-refractivity contribution in [3.8, 4) is 0 Å². The number of aliphatic hydroxyl groups is 1. The van der Waals surface area contributed by atoms with Gasteiger partial charge in [-0.15, -0.1) is 5.10 Å². The Morgan fingerprint density at radius 2 is 2.00 bits per heavy atom. The van der Waals surface area contributed by atoms with Crippen molar-refractivity contribution in [1.29, 1.82) is 5.41 Å². The van der Waals surface area contributed by atoms with Crippen molar-refractivity contribution in [3.63, 3.8) is 0 Å². The van der Waals surface area contributed by atoms with Gasteiger partial charge in [-0.3, -0.25) is 5.41 Å². The van der Waals surface area contributed by atoms with Crippen LogP contribution in [0, 0.1) is 19.3 Å². The zero-order valence-corrected chi connectivity index (χ0v) is 12.4. The van der Waals surface area contributed by atoms with Crippen LogP contribution in [0.4, 0.5) is 5.82 Å². The van der Waals surface area contributed by atoms with Crippen LogP contribution in [0.3, 0.4) is 0 Å². The van der Waals surface area contributed by atoms with E-state index in [9.17, 15) is 5.11 Å². The van der Waals surface area contributed by atoms with Crippen molar-refractivity contribution in [3.05, 3.63) is 16.8 Å². The van der Waals surface area contributed by atoms with Crippen LogP contribution in [-0.2, 0) is 0 Å². The smallest absolute Gasteiger partial charge is 0.162 e. The molecule has 1 aliphatic heterocycles. The van der Waals surface area contributed by atoms with Gasteiger partial charge in [0.05, 0.1) is 16.9 Å². The van der Waals surface area contributed by atoms with Gasteiger partial charge in [0.25, 0.3) is 0 Å². The SMILES string of the molecule is Cc1nnc(N2CCCC(C)(O)CC2)c(C(=N)N)c1C. The van der Waals surface area contributed by atoms with Crippen LogP contribution in [-0.4, -0.2) is 39.8 Å². The normalized spacial score (nSPS) is 23.5. The summed E-state index contributed by atoms with van der Waals surface area (Å²) in [6.07, 6.45) is 2.34. The standard InChI is InChI=1S/C14H23N5O/c1-9-10(2)17-18-13(11(9)12(15)16)19-7-4-5-14(3,20)6-8-19/h20H,4-8H2,1-3H3,(H3,15,16). The summed E-state index contributed by atoms with van der Waals surface area (Å²) in [6, 6.07) is 0. The van der Waals surface area contributed by atoms with E-state index in [2.05, 4.69) is 15.1 Å². The zero-order chi connectivity index (χ0) is 14.9. The fourth-order valence-corrected chi connectivity index (χ4v) is 2.61. The second kappa shape index (κ2) is 5.36. The van der Waals surface area contributed by atoms with Crippen molar-refractivity contribution >= 4 is 11.7 Å². The van der Waals surface area contributed by atoms with E-state index in [-0.39, 0.29) is 5.84 Å². The number of nitrogen functional groups attached to an aromatic ring is 1.